The smallest absolute Gasteiger partial charge is 0.416 e. The summed E-state index contributed by atoms with van der Waals surface area (Å²) in [6.07, 6.45) is 1.39. The van der Waals surface area contributed by atoms with Crippen molar-refractivity contribution in [1.82, 2.24) is 10.4 Å². The van der Waals surface area contributed by atoms with Crippen LogP contribution in [-0.2, 0) is 21.0 Å². The number of hydrogen-bond acceptors (Lipinski definition) is 5. The SMILES string of the molecule is CCCC(CC(=O)N1CCOC1=O)NOCc1ccccc1. The van der Waals surface area contributed by atoms with Crippen LogP contribution in [0.15, 0.2) is 30.3 Å². The Balaban J connectivity index is 1.79. The Morgan fingerprint density at radius 2 is 2.18 bits per heavy atom. The van der Waals surface area contributed by atoms with Crippen LogP contribution in [0.1, 0.15) is 31.7 Å². The summed E-state index contributed by atoms with van der Waals surface area (Å²) in [5, 5.41) is 0. The fourth-order valence-corrected chi connectivity index (χ4v) is 2.31. The molecule has 1 N–H and O–H groups in total. The van der Waals surface area contributed by atoms with Crippen LogP contribution in [0, 0.1) is 0 Å². The van der Waals surface area contributed by atoms with Crippen molar-refractivity contribution >= 4 is 12.0 Å². The monoisotopic (exact) mass is 306 g/mol. The highest BCUT2D eigenvalue weighted by Gasteiger charge is 2.29. The predicted octanol–water partition coefficient (Wildman–Crippen LogP) is 2.25. The number of nitrogens with one attached hydrogen (secondary N) is 1. The van der Waals surface area contributed by atoms with Crippen molar-refractivity contribution < 1.29 is 19.2 Å². The third-order valence-electron chi connectivity index (χ3n) is 3.45. The molecule has 120 valence electrons. The number of ether oxygens (including phenoxy) is 1. The number of hydroxylamine groups is 1. The van der Waals surface area contributed by atoms with Crippen LogP contribution in [0.3, 0.4) is 0 Å². The molecule has 0 aliphatic carbocycles. The molecule has 1 aromatic rings. The van der Waals surface area contributed by atoms with Gasteiger partial charge in [0.2, 0.25) is 5.91 Å². The lowest BCUT2D eigenvalue weighted by Crippen LogP contribution is -2.38. The van der Waals surface area contributed by atoms with Crippen LogP contribution in [0.25, 0.3) is 0 Å². The van der Waals surface area contributed by atoms with E-state index in [1.165, 1.54) is 0 Å². The highest BCUT2D eigenvalue weighted by Crippen LogP contribution is 2.10. The molecular formula is C16H22N2O4. The Morgan fingerprint density at radius 1 is 1.41 bits per heavy atom. The van der Waals surface area contributed by atoms with E-state index in [2.05, 4.69) is 5.48 Å². The van der Waals surface area contributed by atoms with Gasteiger partial charge in [-0.2, -0.15) is 5.48 Å². The number of amides is 2. The average molecular weight is 306 g/mol. The summed E-state index contributed by atoms with van der Waals surface area (Å²) < 4.78 is 4.78. The van der Waals surface area contributed by atoms with Crippen molar-refractivity contribution in [2.24, 2.45) is 0 Å². The number of carbonyl (C=O) groups is 2. The van der Waals surface area contributed by atoms with Gasteiger partial charge in [-0.1, -0.05) is 43.7 Å². The lowest BCUT2D eigenvalue weighted by molar-refractivity contribution is -0.129. The predicted molar refractivity (Wildman–Crippen MR) is 80.7 cm³/mol. The van der Waals surface area contributed by atoms with E-state index in [4.69, 9.17) is 9.57 Å². The van der Waals surface area contributed by atoms with Gasteiger partial charge in [-0.15, -0.1) is 0 Å². The normalized spacial score (nSPS) is 15.7. The molecule has 1 heterocycles. The maximum absolute atomic E-state index is 12.1. The fourth-order valence-electron chi connectivity index (χ4n) is 2.31. The Labute approximate surface area is 130 Å². The molecule has 2 rings (SSSR count). The highest BCUT2D eigenvalue weighted by molar-refractivity contribution is 5.93. The molecule has 0 saturated carbocycles. The molecule has 1 fully saturated rings. The Hall–Kier alpha value is -1.92. The van der Waals surface area contributed by atoms with Gasteiger partial charge in [0, 0.05) is 12.5 Å². The minimum absolute atomic E-state index is 0.116. The van der Waals surface area contributed by atoms with E-state index in [1.807, 2.05) is 37.3 Å². The van der Waals surface area contributed by atoms with Gasteiger partial charge in [-0.25, -0.2) is 9.69 Å². The zero-order valence-corrected chi connectivity index (χ0v) is 12.8. The van der Waals surface area contributed by atoms with Gasteiger partial charge in [-0.3, -0.25) is 9.63 Å². The van der Waals surface area contributed by atoms with Crippen LogP contribution in [0.5, 0.6) is 0 Å². The van der Waals surface area contributed by atoms with Gasteiger partial charge in [0.15, 0.2) is 0 Å². The quantitative estimate of drug-likeness (QED) is 0.746. The van der Waals surface area contributed by atoms with Gasteiger partial charge in [0.25, 0.3) is 0 Å². The summed E-state index contributed by atoms with van der Waals surface area (Å²) in [4.78, 5) is 30.1. The van der Waals surface area contributed by atoms with Crippen molar-refractivity contribution in [3.05, 3.63) is 35.9 Å². The Morgan fingerprint density at radius 3 is 2.82 bits per heavy atom. The van der Waals surface area contributed by atoms with Crippen molar-refractivity contribution in [3.63, 3.8) is 0 Å². The summed E-state index contributed by atoms with van der Waals surface area (Å²) in [6.45, 7) is 3.09. The van der Waals surface area contributed by atoms with Crippen molar-refractivity contribution in [2.45, 2.75) is 38.8 Å². The third kappa shape index (κ3) is 4.82. The van der Waals surface area contributed by atoms with Crippen LogP contribution in [0.2, 0.25) is 0 Å². The molecule has 0 aromatic heterocycles. The number of cyclic esters (lactones) is 1. The van der Waals surface area contributed by atoms with Gasteiger partial charge in [-0.05, 0) is 12.0 Å². The molecule has 1 unspecified atom stereocenters. The second-order valence-corrected chi connectivity index (χ2v) is 5.24. The molecule has 0 spiro atoms. The van der Waals surface area contributed by atoms with Crippen LogP contribution >= 0.6 is 0 Å². The number of nitrogens with zero attached hydrogens (tertiary/aromatic N) is 1. The maximum atomic E-state index is 12.1. The summed E-state index contributed by atoms with van der Waals surface area (Å²) in [5.74, 6) is -0.225. The Bertz CT molecular complexity index is 492. The van der Waals surface area contributed by atoms with Gasteiger partial charge in [0.05, 0.1) is 13.2 Å². The molecule has 0 bridgehead atoms. The minimum atomic E-state index is -0.551. The molecule has 1 atom stereocenters. The first-order valence-electron chi connectivity index (χ1n) is 7.59. The van der Waals surface area contributed by atoms with E-state index >= 15 is 0 Å². The lowest BCUT2D eigenvalue weighted by atomic mass is 10.1. The first-order chi connectivity index (χ1) is 10.7. The van der Waals surface area contributed by atoms with Crippen molar-refractivity contribution in [3.8, 4) is 0 Å². The van der Waals surface area contributed by atoms with E-state index in [9.17, 15) is 9.59 Å². The molecular weight excluding hydrogens is 284 g/mol. The van der Waals surface area contributed by atoms with E-state index in [0.29, 0.717) is 13.2 Å². The molecule has 22 heavy (non-hydrogen) atoms. The Kier molecular flexibility index (Phi) is 6.36. The highest BCUT2D eigenvalue weighted by atomic mass is 16.6. The van der Waals surface area contributed by atoms with Crippen LogP contribution in [-0.4, -0.2) is 36.1 Å². The number of benzene rings is 1. The summed E-state index contributed by atoms with van der Waals surface area (Å²) in [7, 11) is 0. The number of rotatable bonds is 8. The maximum Gasteiger partial charge on any atom is 0.416 e. The molecule has 1 saturated heterocycles. The molecule has 6 nitrogen and oxygen atoms in total. The third-order valence-corrected chi connectivity index (χ3v) is 3.45. The topological polar surface area (TPSA) is 67.9 Å². The van der Waals surface area contributed by atoms with Crippen LogP contribution < -0.4 is 5.48 Å². The van der Waals surface area contributed by atoms with Gasteiger partial charge in [0.1, 0.15) is 6.61 Å². The minimum Gasteiger partial charge on any atom is -0.447 e. The van der Waals surface area contributed by atoms with Crippen LogP contribution in [0.4, 0.5) is 4.79 Å². The summed E-state index contributed by atoms with van der Waals surface area (Å²) >= 11 is 0. The lowest BCUT2D eigenvalue weighted by Gasteiger charge is -2.19. The molecule has 1 aromatic carbocycles. The standard InChI is InChI=1S/C16H22N2O4/c1-2-6-14(11-15(19)18-9-10-21-16(18)20)17-22-12-13-7-4-3-5-8-13/h3-5,7-8,14,17H,2,6,9-12H2,1H3. The van der Waals surface area contributed by atoms with Gasteiger partial charge >= 0.3 is 6.09 Å². The van der Waals surface area contributed by atoms with E-state index in [0.717, 1.165) is 23.3 Å². The average Bonchev–Trinajstić information content (AvgIpc) is 2.95. The van der Waals surface area contributed by atoms with Crippen molar-refractivity contribution in [2.75, 3.05) is 13.2 Å². The first-order valence-corrected chi connectivity index (χ1v) is 7.59. The van der Waals surface area contributed by atoms with E-state index in [-0.39, 0.29) is 25.0 Å². The molecule has 0 radical (unpaired) electrons. The molecule has 2 amide bonds. The molecule has 1 aliphatic heterocycles. The van der Waals surface area contributed by atoms with Gasteiger partial charge < -0.3 is 4.74 Å². The van der Waals surface area contributed by atoms with E-state index < -0.39 is 6.09 Å². The molecule has 1 aliphatic rings. The largest absolute Gasteiger partial charge is 0.447 e. The zero-order valence-electron chi connectivity index (χ0n) is 12.8. The number of hydrogen-bond donors (Lipinski definition) is 1. The summed E-state index contributed by atoms with van der Waals surface area (Å²) in [6, 6.07) is 9.68. The molecule has 6 heteroatoms. The number of carbonyl (C=O) groups excluding carboxylic acids is 2. The van der Waals surface area contributed by atoms with E-state index in [1.54, 1.807) is 0 Å². The zero-order chi connectivity index (χ0) is 15.8. The second-order valence-electron chi connectivity index (χ2n) is 5.24. The second kappa shape index (κ2) is 8.51. The number of imide groups is 1. The summed E-state index contributed by atoms with van der Waals surface area (Å²) in [5.41, 5.74) is 3.99. The fraction of sp³-hybridized carbons (Fsp3) is 0.500. The van der Waals surface area contributed by atoms with Crippen molar-refractivity contribution in [1.29, 1.82) is 0 Å². The first kappa shape index (κ1) is 16.5.